The first-order valence-electron chi connectivity index (χ1n) is 7.12. The summed E-state index contributed by atoms with van der Waals surface area (Å²) in [6.07, 6.45) is 1.98. The quantitative estimate of drug-likeness (QED) is 0.656. The number of para-hydroxylation sites is 2. The topological polar surface area (TPSA) is 95.7 Å². The van der Waals surface area contributed by atoms with E-state index in [2.05, 4.69) is 5.32 Å². The van der Waals surface area contributed by atoms with Crippen LogP contribution in [0, 0.1) is 0 Å². The highest BCUT2D eigenvalue weighted by atomic mass is 16.4. The highest BCUT2D eigenvalue weighted by Crippen LogP contribution is 2.25. The first-order chi connectivity index (χ1) is 9.99. The third-order valence-electron chi connectivity index (χ3n) is 3.58. The molecular formula is C15H21N3O3. The molecule has 1 aromatic rings. The summed E-state index contributed by atoms with van der Waals surface area (Å²) >= 11 is 0. The maximum absolute atomic E-state index is 12.2. The predicted octanol–water partition coefficient (Wildman–Crippen LogP) is 1.22. The van der Waals surface area contributed by atoms with Crippen molar-refractivity contribution in [2.45, 2.75) is 38.3 Å². The lowest BCUT2D eigenvalue weighted by atomic mass is 10.1. The van der Waals surface area contributed by atoms with Crippen molar-refractivity contribution >= 4 is 23.3 Å². The molecule has 6 nitrogen and oxygen atoms in total. The minimum Gasteiger partial charge on any atom is -0.481 e. The SMILES string of the molecule is CC(C(=O)NC1CC1)N(CCC(=O)O)c1ccccc1N. The second-order valence-electron chi connectivity index (χ2n) is 5.35. The Morgan fingerprint density at radius 2 is 2.10 bits per heavy atom. The molecule has 0 radical (unpaired) electrons. The van der Waals surface area contributed by atoms with Gasteiger partial charge >= 0.3 is 5.97 Å². The summed E-state index contributed by atoms with van der Waals surface area (Å²) in [5.74, 6) is -0.990. The van der Waals surface area contributed by atoms with Crippen LogP contribution in [0.15, 0.2) is 24.3 Å². The lowest BCUT2D eigenvalue weighted by molar-refractivity contribution is -0.137. The van der Waals surface area contributed by atoms with E-state index in [9.17, 15) is 9.59 Å². The predicted molar refractivity (Wildman–Crippen MR) is 81.1 cm³/mol. The average Bonchev–Trinajstić information content (AvgIpc) is 3.24. The number of hydrogen-bond donors (Lipinski definition) is 3. The molecule has 1 atom stereocenters. The Morgan fingerprint density at radius 1 is 1.43 bits per heavy atom. The summed E-state index contributed by atoms with van der Waals surface area (Å²) in [6, 6.07) is 6.99. The summed E-state index contributed by atoms with van der Waals surface area (Å²) in [4.78, 5) is 24.8. The number of carbonyl (C=O) groups excluding carboxylic acids is 1. The maximum Gasteiger partial charge on any atom is 0.305 e. The van der Waals surface area contributed by atoms with Gasteiger partial charge in [-0.3, -0.25) is 9.59 Å². The summed E-state index contributed by atoms with van der Waals surface area (Å²) in [5, 5.41) is 11.8. The van der Waals surface area contributed by atoms with Crippen molar-refractivity contribution < 1.29 is 14.7 Å². The van der Waals surface area contributed by atoms with E-state index in [0.717, 1.165) is 12.8 Å². The molecule has 1 amide bonds. The second kappa shape index (κ2) is 6.47. The molecule has 0 aromatic heterocycles. The van der Waals surface area contributed by atoms with Crippen LogP contribution in [-0.2, 0) is 9.59 Å². The molecular weight excluding hydrogens is 270 g/mol. The number of carbonyl (C=O) groups is 2. The van der Waals surface area contributed by atoms with Crippen LogP contribution in [0.25, 0.3) is 0 Å². The zero-order valence-electron chi connectivity index (χ0n) is 12.1. The van der Waals surface area contributed by atoms with Gasteiger partial charge in [0.2, 0.25) is 5.91 Å². The van der Waals surface area contributed by atoms with Gasteiger partial charge in [0.05, 0.1) is 17.8 Å². The van der Waals surface area contributed by atoms with Crippen LogP contribution in [0.3, 0.4) is 0 Å². The van der Waals surface area contributed by atoms with Gasteiger partial charge < -0.3 is 21.1 Å². The third-order valence-corrected chi connectivity index (χ3v) is 3.58. The molecule has 1 unspecified atom stereocenters. The summed E-state index contributed by atoms with van der Waals surface area (Å²) < 4.78 is 0. The number of hydrogen-bond acceptors (Lipinski definition) is 4. The van der Waals surface area contributed by atoms with Crippen LogP contribution < -0.4 is 16.0 Å². The fourth-order valence-corrected chi connectivity index (χ4v) is 2.18. The van der Waals surface area contributed by atoms with E-state index in [1.54, 1.807) is 24.0 Å². The van der Waals surface area contributed by atoms with E-state index in [-0.39, 0.29) is 24.9 Å². The molecule has 21 heavy (non-hydrogen) atoms. The standard InChI is InChI=1S/C15H21N3O3/c1-10(15(21)17-11-6-7-11)18(9-8-14(19)20)13-5-3-2-4-12(13)16/h2-5,10-11H,6-9,16H2,1H3,(H,17,21)(H,19,20). The van der Waals surface area contributed by atoms with Gasteiger partial charge in [-0.25, -0.2) is 0 Å². The van der Waals surface area contributed by atoms with Gasteiger partial charge in [-0.2, -0.15) is 0 Å². The van der Waals surface area contributed by atoms with Crippen molar-refractivity contribution in [1.29, 1.82) is 0 Å². The van der Waals surface area contributed by atoms with E-state index in [4.69, 9.17) is 10.8 Å². The normalized spacial score (nSPS) is 15.3. The molecule has 1 aliphatic rings. The van der Waals surface area contributed by atoms with E-state index in [0.29, 0.717) is 11.4 Å². The molecule has 2 rings (SSSR count). The number of carboxylic acids is 1. The Labute approximate surface area is 123 Å². The Hall–Kier alpha value is -2.24. The van der Waals surface area contributed by atoms with Crippen LogP contribution >= 0.6 is 0 Å². The van der Waals surface area contributed by atoms with Crippen LogP contribution in [0.5, 0.6) is 0 Å². The number of carboxylic acid groups (broad SMARTS) is 1. The Kier molecular flexibility index (Phi) is 4.67. The van der Waals surface area contributed by atoms with Gasteiger partial charge in [-0.1, -0.05) is 12.1 Å². The number of amides is 1. The fraction of sp³-hybridized carbons (Fsp3) is 0.467. The lowest BCUT2D eigenvalue weighted by Gasteiger charge is -2.31. The van der Waals surface area contributed by atoms with Crippen molar-refractivity contribution in [3.05, 3.63) is 24.3 Å². The Bertz CT molecular complexity index is 529. The molecule has 1 saturated carbocycles. The zero-order valence-corrected chi connectivity index (χ0v) is 12.1. The van der Waals surface area contributed by atoms with Crippen LogP contribution in [0.2, 0.25) is 0 Å². The van der Waals surface area contributed by atoms with Crippen molar-refractivity contribution in [3.8, 4) is 0 Å². The van der Waals surface area contributed by atoms with Crippen LogP contribution in [-0.4, -0.2) is 35.6 Å². The number of nitrogens with two attached hydrogens (primary N) is 1. The number of nitrogen functional groups attached to an aromatic ring is 1. The van der Waals surface area contributed by atoms with Crippen molar-refractivity contribution in [2.75, 3.05) is 17.2 Å². The molecule has 4 N–H and O–H groups in total. The molecule has 1 aromatic carbocycles. The van der Waals surface area contributed by atoms with Gasteiger partial charge in [0.15, 0.2) is 0 Å². The van der Waals surface area contributed by atoms with E-state index < -0.39 is 12.0 Å². The van der Waals surface area contributed by atoms with Crippen molar-refractivity contribution in [3.63, 3.8) is 0 Å². The first kappa shape index (κ1) is 15.2. The van der Waals surface area contributed by atoms with E-state index in [1.165, 1.54) is 0 Å². The van der Waals surface area contributed by atoms with Gasteiger partial charge in [-0.15, -0.1) is 0 Å². The minimum absolute atomic E-state index is 0.0462. The largest absolute Gasteiger partial charge is 0.481 e. The van der Waals surface area contributed by atoms with Gasteiger partial charge in [0.1, 0.15) is 6.04 Å². The number of nitrogens with one attached hydrogen (secondary N) is 1. The van der Waals surface area contributed by atoms with E-state index >= 15 is 0 Å². The van der Waals surface area contributed by atoms with Gasteiger partial charge in [0, 0.05) is 12.6 Å². The number of rotatable bonds is 7. The molecule has 1 fully saturated rings. The molecule has 0 heterocycles. The van der Waals surface area contributed by atoms with Gasteiger partial charge in [0.25, 0.3) is 0 Å². The van der Waals surface area contributed by atoms with Crippen LogP contribution in [0.4, 0.5) is 11.4 Å². The van der Waals surface area contributed by atoms with Crippen LogP contribution in [0.1, 0.15) is 26.2 Å². The highest BCUT2D eigenvalue weighted by Gasteiger charge is 2.29. The summed E-state index contributed by atoms with van der Waals surface area (Å²) in [6.45, 7) is 2.01. The highest BCUT2D eigenvalue weighted by molar-refractivity contribution is 5.87. The number of nitrogens with zero attached hydrogens (tertiary/aromatic N) is 1. The fourth-order valence-electron chi connectivity index (χ4n) is 2.18. The molecule has 0 saturated heterocycles. The number of anilines is 2. The molecule has 6 heteroatoms. The van der Waals surface area contributed by atoms with Crippen molar-refractivity contribution in [2.24, 2.45) is 0 Å². The second-order valence-corrected chi connectivity index (χ2v) is 5.35. The number of benzene rings is 1. The molecule has 0 bridgehead atoms. The molecule has 0 spiro atoms. The van der Waals surface area contributed by atoms with Crippen molar-refractivity contribution in [1.82, 2.24) is 5.32 Å². The molecule has 0 aliphatic heterocycles. The Balaban J connectivity index is 2.15. The average molecular weight is 291 g/mol. The zero-order chi connectivity index (χ0) is 15.4. The molecule has 1 aliphatic carbocycles. The number of aliphatic carboxylic acids is 1. The molecule has 114 valence electrons. The first-order valence-corrected chi connectivity index (χ1v) is 7.12. The minimum atomic E-state index is -0.899. The maximum atomic E-state index is 12.2. The lowest BCUT2D eigenvalue weighted by Crippen LogP contribution is -2.47. The van der Waals surface area contributed by atoms with Gasteiger partial charge in [-0.05, 0) is 31.9 Å². The summed E-state index contributed by atoms with van der Waals surface area (Å²) in [5.41, 5.74) is 7.19. The Morgan fingerprint density at radius 3 is 2.67 bits per heavy atom. The monoisotopic (exact) mass is 291 g/mol. The van der Waals surface area contributed by atoms with E-state index in [1.807, 2.05) is 12.1 Å². The third kappa shape index (κ3) is 4.11. The summed E-state index contributed by atoms with van der Waals surface area (Å²) in [7, 11) is 0. The smallest absolute Gasteiger partial charge is 0.305 e.